The summed E-state index contributed by atoms with van der Waals surface area (Å²) in [6.45, 7) is 10.6. The number of hydrogen-bond acceptors (Lipinski definition) is 6. The van der Waals surface area contributed by atoms with Crippen LogP contribution in [0.15, 0.2) is 12.4 Å². The number of unbranched alkanes of at least 4 members (excludes halogenated alkanes) is 2. The van der Waals surface area contributed by atoms with Crippen LogP contribution in [0.5, 0.6) is 0 Å². The number of fused-ring (bicyclic) bond motifs is 2. The summed E-state index contributed by atoms with van der Waals surface area (Å²) in [6, 6.07) is 1.81. The van der Waals surface area contributed by atoms with E-state index in [0.29, 0.717) is 30.3 Å². The van der Waals surface area contributed by atoms with E-state index in [9.17, 15) is 4.79 Å². The number of likely N-dealkylation sites (tertiary alicyclic amines) is 1. The SMILES string of the molecule is CCCC(C)N1CC2CCC(C1)N2c1ncc(CN(C)CCCCCC(C)=O)cn1. The summed E-state index contributed by atoms with van der Waals surface area (Å²) in [5.74, 6) is 1.21. The molecule has 30 heavy (non-hydrogen) atoms. The van der Waals surface area contributed by atoms with Crippen LogP contribution in [-0.4, -0.2) is 70.4 Å². The van der Waals surface area contributed by atoms with Crippen molar-refractivity contribution < 1.29 is 4.79 Å². The number of carbonyl (C=O) groups is 1. The molecule has 3 heterocycles. The summed E-state index contributed by atoms with van der Waals surface area (Å²) >= 11 is 0. The number of Topliss-reactive ketones (excluding diaryl/α,β-unsaturated/α-hetero) is 1. The second kappa shape index (κ2) is 11.2. The van der Waals surface area contributed by atoms with Gasteiger partial charge >= 0.3 is 0 Å². The van der Waals surface area contributed by atoms with Gasteiger partial charge in [0, 0.05) is 62.1 Å². The Morgan fingerprint density at radius 1 is 1.17 bits per heavy atom. The van der Waals surface area contributed by atoms with Crippen molar-refractivity contribution in [1.29, 1.82) is 0 Å². The number of rotatable bonds is 12. The Morgan fingerprint density at radius 3 is 2.43 bits per heavy atom. The molecule has 3 rings (SSSR count). The number of anilines is 1. The standard InChI is InChI=1S/C24H41N5O/c1-5-9-19(2)28-17-22-11-12-23(18-28)29(22)24-25-14-21(15-26-24)16-27(4)13-8-6-7-10-20(3)30/h14-15,19,22-23H,5-13,16-18H2,1-4H3. The van der Waals surface area contributed by atoms with Gasteiger partial charge in [-0.15, -0.1) is 0 Å². The molecule has 1 aromatic rings. The molecule has 0 radical (unpaired) electrons. The van der Waals surface area contributed by atoms with Gasteiger partial charge in [-0.1, -0.05) is 19.8 Å². The minimum Gasteiger partial charge on any atom is -0.332 e. The topological polar surface area (TPSA) is 52.6 Å². The van der Waals surface area contributed by atoms with Gasteiger partial charge in [0.15, 0.2) is 0 Å². The molecule has 0 spiro atoms. The van der Waals surface area contributed by atoms with Gasteiger partial charge in [-0.2, -0.15) is 0 Å². The molecule has 0 amide bonds. The summed E-state index contributed by atoms with van der Waals surface area (Å²) in [5, 5.41) is 0. The fourth-order valence-corrected chi connectivity index (χ4v) is 5.11. The molecule has 2 fully saturated rings. The second-order valence-corrected chi connectivity index (χ2v) is 9.53. The van der Waals surface area contributed by atoms with Crippen LogP contribution < -0.4 is 4.90 Å². The number of aromatic nitrogens is 2. The maximum Gasteiger partial charge on any atom is 0.225 e. The van der Waals surface area contributed by atoms with E-state index < -0.39 is 0 Å². The fraction of sp³-hybridized carbons (Fsp3) is 0.792. The van der Waals surface area contributed by atoms with Crippen molar-refractivity contribution >= 4 is 11.7 Å². The van der Waals surface area contributed by atoms with Gasteiger partial charge in [-0.05, 0) is 59.5 Å². The minimum absolute atomic E-state index is 0.297. The molecule has 0 N–H and O–H groups in total. The normalized spacial score (nSPS) is 22.6. The Morgan fingerprint density at radius 2 is 1.83 bits per heavy atom. The highest BCUT2D eigenvalue weighted by Crippen LogP contribution is 2.34. The lowest BCUT2D eigenvalue weighted by molar-refractivity contribution is -0.117. The molecular formula is C24H41N5O. The van der Waals surface area contributed by atoms with Gasteiger partial charge in [0.1, 0.15) is 5.78 Å². The zero-order valence-corrected chi connectivity index (χ0v) is 19.5. The molecule has 0 aromatic carbocycles. The van der Waals surface area contributed by atoms with Gasteiger partial charge in [0.05, 0.1) is 0 Å². The van der Waals surface area contributed by atoms with Crippen molar-refractivity contribution in [3.05, 3.63) is 18.0 Å². The Bertz CT molecular complexity index is 650. The van der Waals surface area contributed by atoms with Gasteiger partial charge in [0.25, 0.3) is 0 Å². The molecule has 0 aliphatic carbocycles. The maximum absolute atomic E-state index is 11.0. The summed E-state index contributed by atoms with van der Waals surface area (Å²) in [7, 11) is 2.15. The minimum atomic E-state index is 0.297. The van der Waals surface area contributed by atoms with Gasteiger partial charge in [-0.25, -0.2) is 9.97 Å². The molecule has 3 unspecified atom stereocenters. The molecule has 1 aromatic heterocycles. The zero-order valence-electron chi connectivity index (χ0n) is 19.5. The van der Waals surface area contributed by atoms with E-state index in [1.165, 1.54) is 31.2 Å². The highest BCUT2D eigenvalue weighted by molar-refractivity contribution is 5.75. The van der Waals surface area contributed by atoms with Gasteiger partial charge in [0.2, 0.25) is 5.95 Å². The first-order chi connectivity index (χ1) is 14.5. The number of carbonyl (C=O) groups excluding carboxylic acids is 1. The smallest absolute Gasteiger partial charge is 0.225 e. The Balaban J connectivity index is 1.47. The Hall–Kier alpha value is -1.53. The number of nitrogens with zero attached hydrogens (tertiary/aromatic N) is 5. The third kappa shape index (κ3) is 6.24. The van der Waals surface area contributed by atoms with Crippen LogP contribution in [0.3, 0.4) is 0 Å². The van der Waals surface area contributed by atoms with Crippen LogP contribution in [0.1, 0.15) is 77.7 Å². The molecule has 2 saturated heterocycles. The van der Waals surface area contributed by atoms with Gasteiger partial charge in [-0.3, -0.25) is 4.90 Å². The van der Waals surface area contributed by atoms with Crippen molar-refractivity contribution in [3.8, 4) is 0 Å². The second-order valence-electron chi connectivity index (χ2n) is 9.53. The van der Waals surface area contributed by atoms with E-state index in [-0.39, 0.29) is 0 Å². The average Bonchev–Trinajstić information content (AvgIpc) is 2.97. The molecule has 6 heteroatoms. The third-order valence-corrected chi connectivity index (χ3v) is 6.78. The average molecular weight is 416 g/mol. The third-order valence-electron chi connectivity index (χ3n) is 6.78. The molecule has 6 nitrogen and oxygen atoms in total. The molecular weight excluding hydrogens is 374 g/mol. The van der Waals surface area contributed by atoms with E-state index in [1.807, 2.05) is 12.4 Å². The predicted octanol–water partition coefficient (Wildman–Crippen LogP) is 3.90. The van der Waals surface area contributed by atoms with E-state index in [0.717, 1.165) is 51.4 Å². The molecule has 2 aliphatic heterocycles. The van der Waals surface area contributed by atoms with Crippen LogP contribution in [0.25, 0.3) is 0 Å². The summed E-state index contributed by atoms with van der Waals surface area (Å²) in [6.07, 6.45) is 13.1. The quantitative estimate of drug-likeness (QED) is 0.483. The van der Waals surface area contributed by atoms with Crippen molar-refractivity contribution in [3.63, 3.8) is 0 Å². The van der Waals surface area contributed by atoms with Crippen molar-refractivity contribution in [2.45, 2.75) is 96.8 Å². The summed E-state index contributed by atoms with van der Waals surface area (Å²) in [4.78, 5) is 28.0. The molecule has 168 valence electrons. The van der Waals surface area contributed by atoms with E-state index >= 15 is 0 Å². The zero-order chi connectivity index (χ0) is 21.5. The van der Waals surface area contributed by atoms with E-state index in [1.54, 1.807) is 6.92 Å². The number of piperazine rings is 1. The number of ketones is 1. The largest absolute Gasteiger partial charge is 0.332 e. The van der Waals surface area contributed by atoms with Crippen LogP contribution in [-0.2, 0) is 11.3 Å². The first-order valence-electron chi connectivity index (χ1n) is 12.0. The molecule has 2 bridgehead atoms. The van der Waals surface area contributed by atoms with Crippen molar-refractivity contribution in [2.75, 3.05) is 31.6 Å². The fourth-order valence-electron chi connectivity index (χ4n) is 5.11. The van der Waals surface area contributed by atoms with Crippen LogP contribution in [0, 0.1) is 0 Å². The highest BCUT2D eigenvalue weighted by Gasteiger charge is 2.42. The molecule has 0 saturated carbocycles. The lowest BCUT2D eigenvalue weighted by Gasteiger charge is -2.43. The van der Waals surface area contributed by atoms with Crippen LogP contribution in [0.4, 0.5) is 5.95 Å². The monoisotopic (exact) mass is 415 g/mol. The lowest BCUT2D eigenvalue weighted by atomic mass is 10.1. The highest BCUT2D eigenvalue weighted by atomic mass is 16.1. The first-order valence-corrected chi connectivity index (χ1v) is 12.0. The van der Waals surface area contributed by atoms with Gasteiger partial charge < -0.3 is 14.6 Å². The van der Waals surface area contributed by atoms with Crippen LogP contribution >= 0.6 is 0 Å². The summed E-state index contributed by atoms with van der Waals surface area (Å²) in [5.41, 5.74) is 1.17. The molecule has 3 atom stereocenters. The summed E-state index contributed by atoms with van der Waals surface area (Å²) < 4.78 is 0. The van der Waals surface area contributed by atoms with Crippen LogP contribution in [0.2, 0.25) is 0 Å². The van der Waals surface area contributed by atoms with Crippen molar-refractivity contribution in [2.24, 2.45) is 0 Å². The first kappa shape index (κ1) is 23.1. The van der Waals surface area contributed by atoms with Crippen molar-refractivity contribution in [1.82, 2.24) is 19.8 Å². The lowest BCUT2D eigenvalue weighted by Crippen LogP contribution is -2.56. The Kier molecular flexibility index (Phi) is 8.63. The molecule has 2 aliphatic rings. The van der Waals surface area contributed by atoms with E-state index in [4.69, 9.17) is 9.97 Å². The Labute approximate surface area is 183 Å². The number of hydrogen-bond donors (Lipinski definition) is 0. The van der Waals surface area contributed by atoms with E-state index in [2.05, 4.69) is 35.6 Å². The maximum atomic E-state index is 11.0. The predicted molar refractivity (Wildman–Crippen MR) is 123 cm³/mol.